The third kappa shape index (κ3) is 1.33. The van der Waals surface area contributed by atoms with Gasteiger partial charge in [0.1, 0.15) is 11.7 Å². The van der Waals surface area contributed by atoms with Crippen LogP contribution in [0.15, 0.2) is 23.4 Å². The number of pyridine rings is 1. The Balaban J connectivity index is 3.13. The summed E-state index contributed by atoms with van der Waals surface area (Å²) in [5, 5.41) is 8.70. The highest BCUT2D eigenvalue weighted by Crippen LogP contribution is 1.98. The van der Waals surface area contributed by atoms with Crippen molar-refractivity contribution >= 4 is 11.7 Å². The number of nitrogens with zero attached hydrogens (tertiary/aromatic N) is 2. The lowest BCUT2D eigenvalue weighted by atomic mass is 10.3. The zero-order chi connectivity index (χ0) is 7.40. The lowest BCUT2D eigenvalue weighted by Gasteiger charge is -1.86. The predicted octanol–water partition coefficient (Wildman–Crippen LogP) is 0.525. The molecule has 1 rings (SSSR count). The second kappa shape index (κ2) is 2.99. The lowest BCUT2D eigenvalue weighted by molar-refractivity contribution is 0.691. The van der Waals surface area contributed by atoms with Crippen LogP contribution in [0.1, 0.15) is 5.56 Å². The molecule has 0 saturated heterocycles. The van der Waals surface area contributed by atoms with Crippen molar-refractivity contribution in [2.45, 2.75) is 5.03 Å². The molecule has 0 spiro atoms. The molecule has 0 bridgehead atoms. The van der Waals surface area contributed by atoms with Crippen molar-refractivity contribution in [2.24, 2.45) is 0 Å². The monoisotopic (exact) mass is 151 g/mol. The Kier molecular flexibility index (Phi) is 2.03. The van der Waals surface area contributed by atoms with Gasteiger partial charge in [0.2, 0.25) is 0 Å². The second-order valence-electron chi connectivity index (χ2n) is 1.58. The summed E-state index contributed by atoms with van der Waals surface area (Å²) in [6.45, 7) is 0. The number of nitriles is 1. The van der Waals surface area contributed by atoms with E-state index in [0.29, 0.717) is 10.6 Å². The molecule has 3 nitrogen and oxygen atoms in total. The van der Waals surface area contributed by atoms with E-state index in [0.717, 1.165) is 0 Å². The van der Waals surface area contributed by atoms with Gasteiger partial charge in [0.15, 0.2) is 5.03 Å². The Bertz CT molecular complexity index is 292. The standard InChI is InChI=1S/C6H3N2OS/c7-4-5-1-2-8-6(3-5)10-9/h1-3H. The maximum atomic E-state index is 10.1. The van der Waals surface area contributed by atoms with E-state index in [2.05, 4.69) is 4.98 Å². The van der Waals surface area contributed by atoms with E-state index >= 15 is 0 Å². The molecule has 0 aliphatic carbocycles. The molecule has 0 atom stereocenters. The van der Waals surface area contributed by atoms with E-state index in [4.69, 9.17) is 5.26 Å². The molecule has 0 aliphatic heterocycles. The molecule has 0 saturated carbocycles. The van der Waals surface area contributed by atoms with Crippen LogP contribution in [0.3, 0.4) is 0 Å². The first kappa shape index (κ1) is 6.78. The Morgan fingerprint density at radius 1 is 1.70 bits per heavy atom. The minimum Gasteiger partial charge on any atom is -0.243 e. The number of hydrogen-bond acceptors (Lipinski definition) is 3. The third-order valence-electron chi connectivity index (χ3n) is 0.949. The van der Waals surface area contributed by atoms with E-state index in [1.165, 1.54) is 12.3 Å². The Morgan fingerprint density at radius 3 is 3.10 bits per heavy atom. The van der Waals surface area contributed by atoms with Crippen LogP contribution >= 0.6 is 0 Å². The largest absolute Gasteiger partial charge is 0.243 e. The SMILES string of the molecule is N#Cc1ccnc([S]=O)c1. The summed E-state index contributed by atoms with van der Waals surface area (Å²) in [4.78, 5) is 3.71. The zero-order valence-corrected chi connectivity index (χ0v) is 5.76. The summed E-state index contributed by atoms with van der Waals surface area (Å²) in [5.41, 5.74) is 0.466. The molecule has 0 N–H and O–H groups in total. The lowest BCUT2D eigenvalue weighted by Crippen LogP contribution is -1.82. The van der Waals surface area contributed by atoms with Gasteiger partial charge in [0.25, 0.3) is 0 Å². The number of aromatic nitrogens is 1. The van der Waals surface area contributed by atoms with Gasteiger partial charge in [-0.25, -0.2) is 9.19 Å². The molecule has 49 valence electrons. The van der Waals surface area contributed by atoms with Gasteiger partial charge in [-0.15, -0.1) is 0 Å². The van der Waals surface area contributed by atoms with Gasteiger partial charge in [0, 0.05) is 6.20 Å². The van der Waals surface area contributed by atoms with Gasteiger partial charge in [-0.3, -0.25) is 0 Å². The third-order valence-corrected chi connectivity index (χ3v) is 1.34. The summed E-state index contributed by atoms with van der Waals surface area (Å²) in [5.74, 6) is 0. The maximum Gasteiger partial charge on any atom is 0.157 e. The Morgan fingerprint density at radius 2 is 2.50 bits per heavy atom. The fraction of sp³-hybridized carbons (Fsp3) is 0. The second-order valence-corrected chi connectivity index (χ2v) is 2.16. The van der Waals surface area contributed by atoms with E-state index in [1.54, 1.807) is 6.07 Å². The topological polar surface area (TPSA) is 53.8 Å². The van der Waals surface area contributed by atoms with Gasteiger partial charge >= 0.3 is 0 Å². The van der Waals surface area contributed by atoms with Gasteiger partial charge in [0.05, 0.1) is 11.6 Å². The normalized spacial score (nSPS) is 8.30. The van der Waals surface area contributed by atoms with E-state index < -0.39 is 0 Å². The van der Waals surface area contributed by atoms with Crippen molar-refractivity contribution in [2.75, 3.05) is 0 Å². The van der Waals surface area contributed by atoms with Gasteiger partial charge < -0.3 is 0 Å². The van der Waals surface area contributed by atoms with Crippen LogP contribution in [0, 0.1) is 11.3 Å². The van der Waals surface area contributed by atoms with Crippen LogP contribution in [-0.4, -0.2) is 9.19 Å². The molecule has 1 aromatic rings. The van der Waals surface area contributed by atoms with Gasteiger partial charge in [-0.2, -0.15) is 5.26 Å². The van der Waals surface area contributed by atoms with Crippen molar-refractivity contribution < 1.29 is 4.21 Å². The molecule has 0 unspecified atom stereocenters. The Labute approximate surface area is 61.8 Å². The summed E-state index contributed by atoms with van der Waals surface area (Å²) >= 11 is 0.286. The fourth-order valence-corrected chi connectivity index (χ4v) is 0.804. The first-order valence-electron chi connectivity index (χ1n) is 2.53. The minimum absolute atomic E-state index is 0.286. The molecule has 0 aliphatic rings. The zero-order valence-electron chi connectivity index (χ0n) is 4.94. The quantitative estimate of drug-likeness (QED) is 0.588. The highest BCUT2D eigenvalue weighted by molar-refractivity contribution is 7.65. The van der Waals surface area contributed by atoms with E-state index in [-0.39, 0.29) is 11.7 Å². The molecule has 1 heterocycles. The first-order valence-corrected chi connectivity index (χ1v) is 3.27. The van der Waals surface area contributed by atoms with Crippen molar-refractivity contribution in [3.05, 3.63) is 23.9 Å². The molecule has 10 heavy (non-hydrogen) atoms. The fourth-order valence-electron chi connectivity index (χ4n) is 0.525. The van der Waals surface area contributed by atoms with Crippen LogP contribution in [0.4, 0.5) is 0 Å². The average Bonchev–Trinajstić information content (AvgIpc) is 2.05. The molecule has 1 aromatic heterocycles. The molecular weight excluding hydrogens is 148 g/mol. The Hall–Kier alpha value is -1.34. The van der Waals surface area contributed by atoms with Crippen molar-refractivity contribution in [3.8, 4) is 6.07 Å². The summed E-state index contributed by atoms with van der Waals surface area (Å²) in [7, 11) is 0. The first-order chi connectivity index (χ1) is 4.86. The number of hydrogen-bond donors (Lipinski definition) is 0. The average molecular weight is 151 g/mol. The summed E-state index contributed by atoms with van der Waals surface area (Å²) < 4.78 is 10.1. The highest BCUT2D eigenvalue weighted by Gasteiger charge is 1.92. The molecule has 0 amide bonds. The molecule has 1 radical (unpaired) electrons. The number of rotatable bonds is 1. The van der Waals surface area contributed by atoms with Crippen molar-refractivity contribution in [1.82, 2.24) is 4.98 Å². The van der Waals surface area contributed by atoms with Crippen LogP contribution in [0.25, 0.3) is 0 Å². The molecule has 0 fully saturated rings. The van der Waals surface area contributed by atoms with Crippen molar-refractivity contribution in [1.29, 1.82) is 5.26 Å². The molecule has 0 aromatic carbocycles. The predicted molar refractivity (Wildman–Crippen MR) is 35.4 cm³/mol. The smallest absolute Gasteiger partial charge is 0.157 e. The van der Waals surface area contributed by atoms with E-state index in [9.17, 15) is 4.21 Å². The molecular formula is C6H3N2OS. The minimum atomic E-state index is 0.286. The van der Waals surface area contributed by atoms with Crippen molar-refractivity contribution in [3.63, 3.8) is 0 Å². The van der Waals surface area contributed by atoms with Crippen LogP contribution in [0.2, 0.25) is 0 Å². The van der Waals surface area contributed by atoms with E-state index in [1.807, 2.05) is 6.07 Å². The van der Waals surface area contributed by atoms with Crippen LogP contribution in [-0.2, 0) is 11.7 Å². The summed E-state index contributed by atoms with van der Waals surface area (Å²) in [6.07, 6.45) is 1.44. The van der Waals surface area contributed by atoms with Crippen LogP contribution < -0.4 is 0 Å². The highest BCUT2D eigenvalue weighted by atomic mass is 32.1. The van der Waals surface area contributed by atoms with Crippen LogP contribution in [0.5, 0.6) is 0 Å². The van der Waals surface area contributed by atoms with Gasteiger partial charge in [-0.05, 0) is 12.1 Å². The van der Waals surface area contributed by atoms with Gasteiger partial charge in [-0.1, -0.05) is 0 Å². The summed E-state index contributed by atoms with van der Waals surface area (Å²) in [6, 6.07) is 4.92. The maximum absolute atomic E-state index is 10.1. The molecule has 4 heteroatoms.